The Hall–Kier alpha value is -1.39. The summed E-state index contributed by atoms with van der Waals surface area (Å²) >= 11 is 5.86. The van der Waals surface area contributed by atoms with E-state index in [4.69, 9.17) is 11.6 Å². The predicted octanol–water partition coefficient (Wildman–Crippen LogP) is 2.49. The van der Waals surface area contributed by atoms with Crippen LogP contribution in [0, 0.1) is 5.82 Å². The van der Waals surface area contributed by atoms with E-state index in [2.05, 4.69) is 10.3 Å². The Kier molecular flexibility index (Phi) is 4.33. The molecule has 0 bridgehead atoms. The molecule has 0 spiro atoms. The first kappa shape index (κ1) is 13.1. The first-order valence-electron chi connectivity index (χ1n) is 5.78. The van der Waals surface area contributed by atoms with Gasteiger partial charge in [0.15, 0.2) is 0 Å². The number of hydrogen-bond acceptors (Lipinski definition) is 2. The van der Waals surface area contributed by atoms with Crippen LogP contribution in [0.1, 0.15) is 11.3 Å². The molecule has 0 amide bonds. The molecule has 0 aliphatic rings. The van der Waals surface area contributed by atoms with Gasteiger partial charge in [-0.1, -0.05) is 11.6 Å². The number of nitrogens with one attached hydrogen (secondary N) is 1. The maximum atomic E-state index is 13.6. The standard InChI is InChI=1S/C13H15ClFN3/c1-16-5-4-12-8-18(9-17-12)7-10-6-11(14)2-3-13(10)15/h2-3,6,8-9,16H,4-5,7H2,1H3. The van der Waals surface area contributed by atoms with Gasteiger partial charge in [-0.15, -0.1) is 0 Å². The van der Waals surface area contributed by atoms with E-state index >= 15 is 0 Å². The number of imidazole rings is 1. The molecular formula is C13H15ClFN3. The number of likely N-dealkylation sites (N-methyl/N-ethyl adjacent to an activating group) is 1. The van der Waals surface area contributed by atoms with Crippen LogP contribution >= 0.6 is 11.6 Å². The van der Waals surface area contributed by atoms with Crippen LogP contribution < -0.4 is 5.32 Å². The number of halogens is 2. The van der Waals surface area contributed by atoms with Gasteiger partial charge < -0.3 is 9.88 Å². The van der Waals surface area contributed by atoms with Gasteiger partial charge in [-0.2, -0.15) is 0 Å². The van der Waals surface area contributed by atoms with Crippen molar-refractivity contribution < 1.29 is 4.39 Å². The molecule has 1 heterocycles. The quantitative estimate of drug-likeness (QED) is 0.902. The summed E-state index contributed by atoms with van der Waals surface area (Å²) in [5.41, 5.74) is 1.56. The molecule has 0 radical (unpaired) electrons. The molecule has 3 nitrogen and oxygen atoms in total. The molecule has 2 rings (SSSR count). The van der Waals surface area contributed by atoms with Gasteiger partial charge in [0.25, 0.3) is 0 Å². The van der Waals surface area contributed by atoms with E-state index in [1.165, 1.54) is 6.07 Å². The van der Waals surface area contributed by atoms with Gasteiger partial charge in [0.05, 0.1) is 18.6 Å². The fourth-order valence-corrected chi connectivity index (χ4v) is 1.93. The molecular weight excluding hydrogens is 253 g/mol. The smallest absolute Gasteiger partial charge is 0.128 e. The summed E-state index contributed by atoms with van der Waals surface area (Å²) in [5, 5.41) is 3.61. The topological polar surface area (TPSA) is 29.9 Å². The second-order valence-electron chi connectivity index (χ2n) is 4.13. The van der Waals surface area contributed by atoms with Gasteiger partial charge in [-0.3, -0.25) is 0 Å². The van der Waals surface area contributed by atoms with Crippen molar-refractivity contribution in [2.75, 3.05) is 13.6 Å². The summed E-state index contributed by atoms with van der Waals surface area (Å²) in [5.74, 6) is -0.245. The average molecular weight is 268 g/mol. The van der Waals surface area contributed by atoms with E-state index in [1.807, 2.05) is 17.8 Å². The summed E-state index contributed by atoms with van der Waals surface area (Å²) in [7, 11) is 1.90. The van der Waals surface area contributed by atoms with E-state index in [9.17, 15) is 4.39 Å². The molecule has 0 aliphatic carbocycles. The zero-order chi connectivity index (χ0) is 13.0. The fourth-order valence-electron chi connectivity index (χ4n) is 1.74. The average Bonchev–Trinajstić information content (AvgIpc) is 2.79. The lowest BCUT2D eigenvalue weighted by atomic mass is 10.2. The second-order valence-corrected chi connectivity index (χ2v) is 4.56. The lowest BCUT2D eigenvalue weighted by Gasteiger charge is -2.04. The third-order valence-corrected chi connectivity index (χ3v) is 2.91. The van der Waals surface area contributed by atoms with E-state index in [-0.39, 0.29) is 5.82 Å². The Labute approximate surface area is 111 Å². The van der Waals surface area contributed by atoms with Crippen LogP contribution in [0.2, 0.25) is 5.02 Å². The van der Waals surface area contributed by atoms with Gasteiger partial charge in [-0.25, -0.2) is 9.37 Å². The monoisotopic (exact) mass is 267 g/mol. The summed E-state index contributed by atoms with van der Waals surface area (Å²) < 4.78 is 15.4. The van der Waals surface area contributed by atoms with Gasteiger partial charge >= 0.3 is 0 Å². The van der Waals surface area contributed by atoms with Crippen LogP contribution in [-0.4, -0.2) is 23.1 Å². The minimum atomic E-state index is -0.245. The predicted molar refractivity (Wildman–Crippen MR) is 70.4 cm³/mol. The molecule has 1 aromatic heterocycles. The molecule has 1 aromatic carbocycles. The number of nitrogens with zero attached hydrogens (tertiary/aromatic N) is 2. The molecule has 0 fully saturated rings. The van der Waals surface area contributed by atoms with Crippen molar-refractivity contribution in [3.05, 3.63) is 52.8 Å². The van der Waals surface area contributed by atoms with Crippen molar-refractivity contribution in [3.8, 4) is 0 Å². The molecule has 2 aromatic rings. The molecule has 1 N–H and O–H groups in total. The van der Waals surface area contributed by atoms with Crippen molar-refractivity contribution >= 4 is 11.6 Å². The summed E-state index contributed by atoms with van der Waals surface area (Å²) in [6, 6.07) is 4.58. The highest BCUT2D eigenvalue weighted by Crippen LogP contribution is 2.16. The van der Waals surface area contributed by atoms with Crippen molar-refractivity contribution in [2.24, 2.45) is 0 Å². The molecule has 0 aliphatic heterocycles. The lowest BCUT2D eigenvalue weighted by molar-refractivity contribution is 0.599. The maximum Gasteiger partial charge on any atom is 0.128 e. The molecule has 0 unspecified atom stereocenters. The van der Waals surface area contributed by atoms with Crippen molar-refractivity contribution in [2.45, 2.75) is 13.0 Å². The Morgan fingerprint density at radius 3 is 3.06 bits per heavy atom. The van der Waals surface area contributed by atoms with Crippen LogP contribution in [0.5, 0.6) is 0 Å². The van der Waals surface area contributed by atoms with E-state index in [1.54, 1.807) is 18.5 Å². The minimum absolute atomic E-state index is 0.245. The first-order chi connectivity index (χ1) is 8.69. The summed E-state index contributed by atoms with van der Waals surface area (Å²) in [6.45, 7) is 1.32. The van der Waals surface area contributed by atoms with E-state index in [0.29, 0.717) is 17.1 Å². The number of rotatable bonds is 5. The summed E-state index contributed by atoms with van der Waals surface area (Å²) in [6.07, 6.45) is 4.50. The number of aromatic nitrogens is 2. The molecule has 0 saturated carbocycles. The first-order valence-corrected chi connectivity index (χ1v) is 6.16. The van der Waals surface area contributed by atoms with Crippen molar-refractivity contribution in [1.82, 2.24) is 14.9 Å². The van der Waals surface area contributed by atoms with Crippen LogP contribution in [-0.2, 0) is 13.0 Å². The van der Waals surface area contributed by atoms with Gasteiger partial charge in [-0.05, 0) is 25.2 Å². The lowest BCUT2D eigenvalue weighted by Crippen LogP contribution is -2.10. The molecule has 0 atom stereocenters. The molecule has 0 saturated heterocycles. The minimum Gasteiger partial charge on any atom is -0.333 e. The Bertz CT molecular complexity index is 525. The largest absolute Gasteiger partial charge is 0.333 e. The number of benzene rings is 1. The second kappa shape index (κ2) is 5.98. The fraction of sp³-hybridized carbons (Fsp3) is 0.308. The SMILES string of the molecule is CNCCc1cn(Cc2cc(Cl)ccc2F)cn1. The molecule has 5 heteroatoms. The van der Waals surface area contributed by atoms with Crippen LogP contribution in [0.3, 0.4) is 0 Å². The summed E-state index contributed by atoms with van der Waals surface area (Å²) in [4.78, 5) is 4.27. The number of hydrogen-bond donors (Lipinski definition) is 1. The maximum absolute atomic E-state index is 13.6. The Morgan fingerprint density at radius 1 is 1.44 bits per heavy atom. The van der Waals surface area contributed by atoms with E-state index in [0.717, 1.165) is 18.7 Å². The van der Waals surface area contributed by atoms with Crippen molar-refractivity contribution in [3.63, 3.8) is 0 Å². The Balaban J connectivity index is 2.08. The van der Waals surface area contributed by atoms with E-state index < -0.39 is 0 Å². The van der Waals surface area contributed by atoms with Crippen LogP contribution in [0.15, 0.2) is 30.7 Å². The highest BCUT2D eigenvalue weighted by Gasteiger charge is 2.05. The van der Waals surface area contributed by atoms with Gasteiger partial charge in [0.2, 0.25) is 0 Å². The molecule has 96 valence electrons. The Morgan fingerprint density at radius 2 is 2.28 bits per heavy atom. The normalized spacial score (nSPS) is 10.8. The highest BCUT2D eigenvalue weighted by atomic mass is 35.5. The van der Waals surface area contributed by atoms with Crippen LogP contribution in [0.25, 0.3) is 0 Å². The third-order valence-electron chi connectivity index (χ3n) is 2.68. The zero-order valence-electron chi connectivity index (χ0n) is 10.2. The van der Waals surface area contributed by atoms with Gasteiger partial charge in [0, 0.05) is 29.7 Å². The molecule has 18 heavy (non-hydrogen) atoms. The zero-order valence-corrected chi connectivity index (χ0v) is 10.9. The van der Waals surface area contributed by atoms with Crippen molar-refractivity contribution in [1.29, 1.82) is 0 Å². The van der Waals surface area contributed by atoms with Crippen LogP contribution in [0.4, 0.5) is 4.39 Å². The highest BCUT2D eigenvalue weighted by molar-refractivity contribution is 6.30. The van der Waals surface area contributed by atoms with Gasteiger partial charge in [0.1, 0.15) is 5.82 Å². The third kappa shape index (κ3) is 3.31.